The Morgan fingerprint density at radius 3 is 1.93 bits per heavy atom. The van der Waals surface area contributed by atoms with Gasteiger partial charge in [-0.2, -0.15) is 9.59 Å². The van der Waals surface area contributed by atoms with Crippen LogP contribution in [-0.4, -0.2) is 52.5 Å². The van der Waals surface area contributed by atoms with E-state index in [2.05, 4.69) is 11.7 Å². The fourth-order valence-electron chi connectivity index (χ4n) is 5.93. The summed E-state index contributed by atoms with van der Waals surface area (Å²) in [7, 11) is 2.66. The molecule has 2 aliphatic carbocycles. The van der Waals surface area contributed by atoms with Gasteiger partial charge in [0.15, 0.2) is 5.78 Å². The second kappa shape index (κ2) is 15.0. The molecule has 2 fully saturated rings. The lowest BCUT2D eigenvalue weighted by molar-refractivity contribution is -0.387. The van der Waals surface area contributed by atoms with Crippen LogP contribution < -0.4 is 0 Å². The molecule has 0 amide bonds. The maximum atomic E-state index is 12.5. The molecule has 0 unspecified atom stereocenters. The van der Waals surface area contributed by atoms with Crippen LogP contribution in [0, 0.1) is 24.0 Å². The molecule has 3 aliphatic rings. The van der Waals surface area contributed by atoms with E-state index < -0.39 is 10.9 Å². The van der Waals surface area contributed by atoms with E-state index in [-0.39, 0.29) is 32.9 Å². The third-order valence-corrected chi connectivity index (χ3v) is 11.4. The van der Waals surface area contributed by atoms with Gasteiger partial charge in [-0.25, -0.2) is 9.59 Å². The summed E-state index contributed by atoms with van der Waals surface area (Å²) >= 11 is 3.27. The van der Waals surface area contributed by atoms with Gasteiger partial charge in [-0.1, -0.05) is 32.6 Å². The molecular weight excluding hydrogens is 606 g/mol. The van der Waals surface area contributed by atoms with Crippen molar-refractivity contribution in [2.45, 2.75) is 97.8 Å². The second-order valence-corrected chi connectivity index (χ2v) is 14.5. The number of hydrogen-bond donors (Lipinski definition) is 0. The lowest BCUT2D eigenvalue weighted by Gasteiger charge is -2.32. The molecular formula is C32H37NO9S2. The van der Waals surface area contributed by atoms with Crippen LogP contribution in [-0.2, 0) is 30.3 Å². The Bertz CT molecular complexity index is 1470. The molecule has 12 heteroatoms. The van der Waals surface area contributed by atoms with Crippen LogP contribution in [0.2, 0.25) is 0 Å². The number of nitro benzene ring substituents is 1. The van der Waals surface area contributed by atoms with Crippen LogP contribution >= 0.6 is 23.5 Å². The minimum atomic E-state index is -0.542. The summed E-state index contributed by atoms with van der Waals surface area (Å²) in [5.74, 6) is -0.546. The van der Waals surface area contributed by atoms with Crippen molar-refractivity contribution in [2.24, 2.45) is 0 Å². The zero-order chi connectivity index (χ0) is 32.7. The van der Waals surface area contributed by atoms with Gasteiger partial charge < -0.3 is 9.47 Å². The maximum Gasteiger partial charge on any atom is 0.373 e. The van der Waals surface area contributed by atoms with Crippen LogP contribution in [0.25, 0.3) is 0 Å². The molecule has 0 bridgehead atoms. The highest BCUT2D eigenvalue weighted by Crippen LogP contribution is 2.51. The highest BCUT2D eigenvalue weighted by atomic mass is 32.2. The normalized spacial score (nSPS) is 17.2. The number of esters is 2. The van der Waals surface area contributed by atoms with Crippen molar-refractivity contribution in [2.75, 3.05) is 14.2 Å². The van der Waals surface area contributed by atoms with Gasteiger partial charge in [-0.15, -0.1) is 23.5 Å². The number of thioether (sulfide) groups is 2. The number of fused-ring (bicyclic) bond motifs is 1. The average Bonchev–Trinajstić information content (AvgIpc) is 3.63. The zero-order valence-corrected chi connectivity index (χ0v) is 27.2. The van der Waals surface area contributed by atoms with Crippen LogP contribution in [0.3, 0.4) is 0 Å². The first-order valence-corrected chi connectivity index (χ1v) is 16.0. The average molecular weight is 644 g/mol. The van der Waals surface area contributed by atoms with Crippen LogP contribution in [0.15, 0.2) is 34.1 Å². The summed E-state index contributed by atoms with van der Waals surface area (Å²) in [6.07, 6.45) is 9.43. The minimum Gasteiger partial charge on any atom is -0.465 e. The number of hydrogen-bond acceptors (Lipinski definition) is 11. The zero-order valence-electron chi connectivity index (χ0n) is 25.6. The highest BCUT2D eigenvalue weighted by molar-refractivity contribution is 8.01. The van der Waals surface area contributed by atoms with Gasteiger partial charge in [0.25, 0.3) is 5.69 Å². The van der Waals surface area contributed by atoms with E-state index in [1.807, 2.05) is 19.1 Å². The predicted octanol–water partition coefficient (Wildman–Crippen LogP) is 6.84. The van der Waals surface area contributed by atoms with Gasteiger partial charge in [0.2, 0.25) is 0 Å². The monoisotopic (exact) mass is 643 g/mol. The molecule has 5 rings (SSSR count). The van der Waals surface area contributed by atoms with Gasteiger partial charge in [-0.05, 0) is 74.4 Å². The van der Waals surface area contributed by atoms with E-state index >= 15 is 0 Å². The topological polar surface area (TPSA) is 147 Å². The molecule has 0 atom stereocenters. The number of aryl methyl sites for hydroxylation is 2. The number of benzene rings is 2. The fourth-order valence-corrected chi connectivity index (χ4v) is 9.03. The third kappa shape index (κ3) is 7.97. The molecule has 44 heavy (non-hydrogen) atoms. The van der Waals surface area contributed by atoms with Crippen LogP contribution in [0.1, 0.15) is 95.7 Å². The largest absolute Gasteiger partial charge is 0.465 e. The minimum absolute atomic E-state index is 0.0147. The third-order valence-electron chi connectivity index (χ3n) is 8.31. The molecule has 0 radical (unpaired) electrons. The van der Waals surface area contributed by atoms with E-state index in [4.69, 9.17) is 14.3 Å². The number of carbonyl (C=O) groups is 3. The van der Waals surface area contributed by atoms with E-state index in [9.17, 15) is 24.5 Å². The first kappa shape index (κ1) is 35.0. The Hall–Kier alpha value is -3.47. The van der Waals surface area contributed by atoms with E-state index in [0.717, 1.165) is 67.4 Å². The number of nitrogens with zero attached hydrogens (tertiary/aromatic N) is 1. The van der Waals surface area contributed by atoms with Crippen molar-refractivity contribution >= 4 is 53.1 Å². The summed E-state index contributed by atoms with van der Waals surface area (Å²) in [6, 6.07) is 6.95. The Morgan fingerprint density at radius 2 is 1.41 bits per heavy atom. The molecule has 1 aliphatic heterocycles. The molecule has 0 saturated heterocycles. The summed E-state index contributed by atoms with van der Waals surface area (Å²) in [6.45, 7) is 5.85. The molecule has 1 spiro atoms. The molecule has 0 N–H and O–H groups in total. The lowest BCUT2D eigenvalue weighted by Crippen LogP contribution is -2.36. The Morgan fingerprint density at radius 1 is 0.909 bits per heavy atom. The first-order valence-electron chi connectivity index (χ1n) is 14.3. The number of rotatable bonds is 5. The van der Waals surface area contributed by atoms with Gasteiger partial charge in [-0.3, -0.25) is 14.9 Å². The molecule has 236 valence electrons. The fraction of sp³-hybridized carbons (Fsp3) is 0.500. The summed E-state index contributed by atoms with van der Waals surface area (Å²) in [5.41, 5.74) is 3.41. The SMILES string of the molecule is COC(=O)c1cc([N+](=O)[O-])c(SC2(C)CCCC2)cc1C.COC(=O)c1cc2c(cc1C)SC1(CCCC1)C(=O)C2.O=C=O. The second-order valence-electron chi connectivity index (χ2n) is 11.4. The van der Waals surface area contributed by atoms with Crippen molar-refractivity contribution in [3.63, 3.8) is 0 Å². The molecule has 10 nitrogen and oxygen atoms in total. The lowest BCUT2D eigenvalue weighted by atomic mass is 9.93. The Kier molecular flexibility index (Phi) is 11.9. The summed E-state index contributed by atoms with van der Waals surface area (Å²) in [4.78, 5) is 64.8. The van der Waals surface area contributed by atoms with Gasteiger partial charge in [0, 0.05) is 22.1 Å². The summed E-state index contributed by atoms with van der Waals surface area (Å²) in [5, 5.41) is 11.3. The van der Waals surface area contributed by atoms with E-state index in [1.165, 1.54) is 20.3 Å². The number of ketones is 1. The maximum absolute atomic E-state index is 12.5. The van der Waals surface area contributed by atoms with Crippen LogP contribution in [0.4, 0.5) is 5.69 Å². The molecule has 1 heterocycles. The number of nitro groups is 1. The van der Waals surface area contributed by atoms with Crippen molar-refractivity contribution < 1.29 is 38.4 Å². The first-order chi connectivity index (χ1) is 20.8. The van der Waals surface area contributed by atoms with E-state index in [0.29, 0.717) is 28.2 Å². The summed E-state index contributed by atoms with van der Waals surface area (Å²) < 4.78 is 9.33. The van der Waals surface area contributed by atoms with Crippen molar-refractivity contribution in [3.8, 4) is 0 Å². The molecule has 0 aromatic heterocycles. The number of ether oxygens (including phenoxy) is 2. The van der Waals surface area contributed by atoms with Gasteiger partial charge >= 0.3 is 18.1 Å². The molecule has 2 aromatic rings. The predicted molar refractivity (Wildman–Crippen MR) is 165 cm³/mol. The Balaban J connectivity index is 0.000000221. The highest BCUT2D eigenvalue weighted by Gasteiger charge is 2.45. The smallest absolute Gasteiger partial charge is 0.373 e. The van der Waals surface area contributed by atoms with Crippen molar-refractivity contribution in [1.82, 2.24) is 0 Å². The van der Waals surface area contributed by atoms with E-state index in [1.54, 1.807) is 36.5 Å². The van der Waals surface area contributed by atoms with Gasteiger partial charge in [0.1, 0.15) is 0 Å². The van der Waals surface area contributed by atoms with Gasteiger partial charge in [0.05, 0.1) is 39.9 Å². The number of methoxy groups -OCH3 is 2. The van der Waals surface area contributed by atoms with Crippen LogP contribution in [0.5, 0.6) is 0 Å². The molecule has 2 saturated carbocycles. The van der Waals surface area contributed by atoms with Crippen molar-refractivity contribution in [3.05, 3.63) is 62.2 Å². The number of Topliss-reactive ketones (excluding diaryl/α,β-unsaturated/α-hetero) is 1. The Labute approximate surface area is 265 Å². The number of carbonyl (C=O) groups excluding carboxylic acids is 5. The standard InChI is InChI=1S/C16H18O3S.C15H19NO4S.CO2/c1-10-7-13-11(8-12(10)15(18)19-2)9-14(17)16(20-13)5-3-4-6-16;1-10-8-13(21-15(2)6-4-5-7-15)12(16(18)19)9-11(10)14(17)20-3;2-1-3/h7-8H,3-6,9H2,1-2H3;8-9H,4-7H2,1-3H3;. The quantitative estimate of drug-likeness (QED) is 0.192. The van der Waals surface area contributed by atoms with Crippen molar-refractivity contribution in [1.29, 1.82) is 0 Å². The molecule has 2 aromatic carbocycles.